The Bertz CT molecular complexity index is 3210. The molecule has 0 fully saturated rings. The number of pyridine rings is 1. The van der Waals surface area contributed by atoms with Gasteiger partial charge in [-0.15, -0.1) is 11.3 Å². The number of aromatic hydroxyl groups is 1. The number of fused-ring (bicyclic) bond motifs is 7. The molecule has 1 N–H and O–H groups in total. The lowest BCUT2D eigenvalue weighted by molar-refractivity contribution is 0.446. The van der Waals surface area contributed by atoms with Crippen molar-refractivity contribution in [1.82, 2.24) is 9.97 Å². The van der Waals surface area contributed by atoms with Crippen molar-refractivity contribution in [2.24, 2.45) is 0 Å². The first-order chi connectivity index (χ1) is 27.4. The predicted octanol–water partition coefficient (Wildman–Crippen LogP) is 14.9. The maximum Gasteiger partial charge on any atom is 0.143 e. The average molecular weight is 759 g/mol. The van der Waals surface area contributed by atoms with Crippen molar-refractivity contribution in [3.8, 4) is 49.8 Å². The van der Waals surface area contributed by atoms with Crippen molar-refractivity contribution in [1.29, 1.82) is 0 Å². The average Bonchev–Trinajstić information content (AvgIpc) is 3.81. The van der Waals surface area contributed by atoms with Crippen LogP contribution in [0.2, 0.25) is 0 Å². The number of rotatable bonds is 4. The Hall–Kier alpha value is -6.30. The van der Waals surface area contributed by atoms with E-state index in [1.165, 1.54) is 21.7 Å². The fourth-order valence-electron chi connectivity index (χ4n) is 8.21. The Morgan fingerprint density at radius 1 is 0.561 bits per heavy atom. The zero-order valence-electron chi connectivity index (χ0n) is 32.9. The normalized spacial score (nSPS) is 12.5. The number of hydrogen-bond donors (Lipinski definition) is 1. The summed E-state index contributed by atoms with van der Waals surface area (Å²) in [5.74, 6) is 0.293. The van der Waals surface area contributed by atoms with E-state index in [4.69, 9.17) is 14.4 Å². The Kier molecular flexibility index (Phi) is 7.93. The number of hydrogen-bond acceptors (Lipinski definition) is 5. The highest BCUT2D eigenvalue weighted by molar-refractivity contribution is 7.21. The van der Waals surface area contributed by atoms with Gasteiger partial charge in [-0.25, -0.2) is 4.98 Å². The standard InChI is InChI=1S/C52H42N2O2S/c1-51(2,3)35-27-42(48(55)43(28-35)52(4,5)6)50-54-47-37(17-12-18-46(47)57-50)40-24-34(44-26-32(21-22-53-44)30-13-8-7-9-14-30)25-41-39-23-33-20-19-31-15-10-11-16-36(31)38(33)29-45(39)56-49(40)41/h7-29,55H,1-6H3. The molecule has 0 amide bonds. The van der Waals surface area contributed by atoms with Gasteiger partial charge in [0.15, 0.2) is 0 Å². The molecule has 3 aromatic heterocycles. The predicted molar refractivity (Wildman–Crippen MR) is 241 cm³/mol. The van der Waals surface area contributed by atoms with Crippen LogP contribution in [0.15, 0.2) is 144 Å². The quantitative estimate of drug-likeness (QED) is 0.182. The Labute approximate surface area is 336 Å². The number of benzene rings is 7. The van der Waals surface area contributed by atoms with Crippen LogP contribution in [-0.4, -0.2) is 15.1 Å². The minimum absolute atomic E-state index is 0.111. The summed E-state index contributed by atoms with van der Waals surface area (Å²) in [4.78, 5) is 10.3. The van der Waals surface area contributed by atoms with Gasteiger partial charge in [0.1, 0.15) is 21.9 Å². The van der Waals surface area contributed by atoms with Gasteiger partial charge >= 0.3 is 0 Å². The van der Waals surface area contributed by atoms with Crippen molar-refractivity contribution in [2.75, 3.05) is 0 Å². The van der Waals surface area contributed by atoms with Gasteiger partial charge in [0.25, 0.3) is 0 Å². The second-order valence-electron chi connectivity index (χ2n) is 17.2. The van der Waals surface area contributed by atoms with Gasteiger partial charge in [-0.1, -0.05) is 126 Å². The molecule has 0 saturated heterocycles. The Morgan fingerprint density at radius 2 is 1.35 bits per heavy atom. The maximum atomic E-state index is 11.9. The van der Waals surface area contributed by atoms with E-state index in [2.05, 4.69) is 169 Å². The lowest BCUT2D eigenvalue weighted by Gasteiger charge is -2.27. The van der Waals surface area contributed by atoms with Crippen LogP contribution >= 0.6 is 11.3 Å². The molecule has 0 aliphatic carbocycles. The van der Waals surface area contributed by atoms with E-state index in [1.807, 2.05) is 12.3 Å². The molecule has 5 heteroatoms. The molecule has 0 bridgehead atoms. The fraction of sp³-hybridized carbons (Fsp3) is 0.154. The maximum absolute atomic E-state index is 11.9. The third-order valence-corrected chi connectivity index (χ3v) is 12.4. The van der Waals surface area contributed by atoms with Crippen LogP contribution in [0.3, 0.4) is 0 Å². The van der Waals surface area contributed by atoms with Crippen LogP contribution in [0.4, 0.5) is 0 Å². The Balaban J connectivity index is 1.24. The first-order valence-corrected chi connectivity index (χ1v) is 20.3. The van der Waals surface area contributed by atoms with Crippen molar-refractivity contribution in [3.63, 3.8) is 0 Å². The summed E-state index contributed by atoms with van der Waals surface area (Å²) in [6, 6.07) is 47.1. The summed E-state index contributed by atoms with van der Waals surface area (Å²) in [6.45, 7) is 13.1. The minimum Gasteiger partial charge on any atom is -0.507 e. The molecule has 57 heavy (non-hydrogen) atoms. The molecular formula is C52H42N2O2S. The summed E-state index contributed by atoms with van der Waals surface area (Å²) in [6.07, 6.45) is 1.89. The van der Waals surface area contributed by atoms with Crippen LogP contribution in [0.5, 0.6) is 5.75 Å². The van der Waals surface area contributed by atoms with E-state index in [0.717, 1.165) is 87.2 Å². The summed E-state index contributed by atoms with van der Waals surface area (Å²) < 4.78 is 8.00. The van der Waals surface area contributed by atoms with Gasteiger partial charge in [-0.2, -0.15) is 0 Å². The first kappa shape index (κ1) is 35.1. The van der Waals surface area contributed by atoms with Crippen molar-refractivity contribution in [3.05, 3.63) is 151 Å². The molecule has 10 aromatic rings. The molecule has 0 radical (unpaired) electrons. The monoisotopic (exact) mass is 758 g/mol. The number of aromatic nitrogens is 2. The molecule has 3 heterocycles. The van der Waals surface area contributed by atoms with E-state index in [9.17, 15) is 5.11 Å². The number of nitrogens with zero attached hydrogens (tertiary/aromatic N) is 2. The molecule has 0 saturated carbocycles. The summed E-state index contributed by atoms with van der Waals surface area (Å²) in [5, 5.41) is 19.5. The first-order valence-electron chi connectivity index (χ1n) is 19.5. The van der Waals surface area contributed by atoms with Crippen LogP contribution in [0, 0.1) is 0 Å². The third-order valence-electron chi connectivity index (χ3n) is 11.3. The van der Waals surface area contributed by atoms with Crippen LogP contribution < -0.4 is 0 Å². The number of furan rings is 1. The number of phenols is 1. The molecule has 278 valence electrons. The second-order valence-corrected chi connectivity index (χ2v) is 18.3. The second kappa shape index (κ2) is 12.9. The van der Waals surface area contributed by atoms with E-state index in [-0.39, 0.29) is 10.8 Å². The molecule has 0 aliphatic rings. The largest absolute Gasteiger partial charge is 0.507 e. The van der Waals surface area contributed by atoms with Crippen molar-refractivity contribution in [2.45, 2.75) is 52.4 Å². The van der Waals surface area contributed by atoms with Gasteiger partial charge in [0, 0.05) is 39.2 Å². The highest BCUT2D eigenvalue weighted by Gasteiger charge is 2.27. The summed E-state index contributed by atoms with van der Waals surface area (Å²) in [5.41, 5.74) is 11.1. The van der Waals surface area contributed by atoms with Crippen molar-refractivity contribution >= 4 is 65.0 Å². The van der Waals surface area contributed by atoms with Crippen LogP contribution in [0.1, 0.15) is 52.7 Å². The summed E-state index contributed by atoms with van der Waals surface area (Å²) in [7, 11) is 0. The molecular weight excluding hydrogens is 717 g/mol. The molecule has 10 rings (SSSR count). The minimum atomic E-state index is -0.252. The lowest BCUT2D eigenvalue weighted by atomic mass is 9.79. The van der Waals surface area contributed by atoms with Crippen LogP contribution in [0.25, 0.3) is 97.8 Å². The Morgan fingerprint density at radius 3 is 2.16 bits per heavy atom. The van der Waals surface area contributed by atoms with E-state index < -0.39 is 0 Å². The van der Waals surface area contributed by atoms with Gasteiger partial charge in [-0.3, -0.25) is 4.98 Å². The molecule has 0 spiro atoms. The highest BCUT2D eigenvalue weighted by Crippen LogP contribution is 2.47. The van der Waals surface area contributed by atoms with E-state index in [0.29, 0.717) is 5.75 Å². The van der Waals surface area contributed by atoms with Crippen molar-refractivity contribution < 1.29 is 9.52 Å². The number of thiazole rings is 1. The van der Waals surface area contributed by atoms with Crippen LogP contribution in [-0.2, 0) is 10.8 Å². The summed E-state index contributed by atoms with van der Waals surface area (Å²) >= 11 is 1.61. The third kappa shape index (κ3) is 5.96. The molecule has 4 nitrogen and oxygen atoms in total. The fourth-order valence-corrected chi connectivity index (χ4v) is 9.22. The van der Waals surface area contributed by atoms with Gasteiger partial charge in [0.2, 0.25) is 0 Å². The molecule has 7 aromatic carbocycles. The van der Waals surface area contributed by atoms with Gasteiger partial charge in [-0.05, 0) is 97.6 Å². The van der Waals surface area contributed by atoms with Gasteiger partial charge in [0.05, 0.1) is 21.5 Å². The zero-order chi connectivity index (χ0) is 39.2. The number of para-hydroxylation sites is 1. The SMILES string of the molecule is CC(C)(C)c1cc(-c2nc3c(-c4cc(-c5cc(-c6ccccc6)ccn5)cc5c4oc4cc6c(ccc7ccccc76)cc45)cccc3s2)c(O)c(C(C)(C)C)c1. The lowest BCUT2D eigenvalue weighted by Crippen LogP contribution is -2.17. The van der Waals surface area contributed by atoms with E-state index in [1.54, 1.807) is 11.3 Å². The van der Waals surface area contributed by atoms with Gasteiger partial charge < -0.3 is 9.52 Å². The highest BCUT2D eigenvalue weighted by atomic mass is 32.1. The smallest absolute Gasteiger partial charge is 0.143 e. The molecule has 0 unspecified atom stereocenters. The molecule has 0 atom stereocenters. The molecule has 0 aliphatic heterocycles. The topological polar surface area (TPSA) is 59.2 Å². The zero-order valence-corrected chi connectivity index (χ0v) is 33.8. The number of phenolic OH excluding ortho intramolecular Hbond substituents is 1. The van der Waals surface area contributed by atoms with E-state index >= 15 is 0 Å².